The fourth-order valence-electron chi connectivity index (χ4n) is 2.67. The average molecular weight is 288 g/mol. The summed E-state index contributed by atoms with van der Waals surface area (Å²) in [5.41, 5.74) is 0.530. The summed E-state index contributed by atoms with van der Waals surface area (Å²) in [4.78, 5) is 17.0. The molecule has 21 heavy (non-hydrogen) atoms. The molecule has 1 aliphatic carbocycles. The number of fused-ring (bicyclic) bond motifs is 1. The highest BCUT2D eigenvalue weighted by Crippen LogP contribution is 2.30. The topological polar surface area (TPSA) is 34.9 Å². The van der Waals surface area contributed by atoms with Crippen LogP contribution < -0.4 is 5.56 Å². The first-order valence-electron chi connectivity index (χ1n) is 6.74. The molecule has 1 aromatic heterocycles. The summed E-state index contributed by atoms with van der Waals surface area (Å²) in [7, 11) is 0. The molecule has 3 rings (SSSR count). The number of aryl methyl sites for hydroxylation is 2. The van der Waals surface area contributed by atoms with Crippen molar-refractivity contribution in [1.29, 1.82) is 0 Å². The van der Waals surface area contributed by atoms with Gasteiger partial charge >= 0.3 is 0 Å². The van der Waals surface area contributed by atoms with E-state index in [4.69, 9.17) is 0 Å². The van der Waals surface area contributed by atoms with E-state index in [9.17, 15) is 13.6 Å². The molecular formula is C16H14F2N2O. The van der Waals surface area contributed by atoms with Crippen LogP contribution in [0.15, 0.2) is 40.7 Å². The van der Waals surface area contributed by atoms with Gasteiger partial charge in [0, 0.05) is 6.42 Å². The minimum Gasteiger partial charge on any atom is -0.268 e. The molecule has 0 radical (unpaired) electrons. The van der Waals surface area contributed by atoms with Crippen LogP contribution in [0.4, 0.5) is 8.78 Å². The van der Waals surface area contributed by atoms with E-state index in [-0.39, 0.29) is 17.9 Å². The van der Waals surface area contributed by atoms with Crippen molar-refractivity contribution in [3.63, 3.8) is 0 Å². The lowest BCUT2D eigenvalue weighted by Gasteiger charge is -2.17. The van der Waals surface area contributed by atoms with Crippen LogP contribution in [0.3, 0.4) is 0 Å². The van der Waals surface area contributed by atoms with Gasteiger partial charge in [0.15, 0.2) is 0 Å². The fourth-order valence-corrected chi connectivity index (χ4v) is 2.67. The van der Waals surface area contributed by atoms with Gasteiger partial charge in [-0.25, -0.2) is 13.8 Å². The van der Waals surface area contributed by atoms with E-state index in [1.54, 1.807) is 32.0 Å². The van der Waals surface area contributed by atoms with Gasteiger partial charge < -0.3 is 0 Å². The quantitative estimate of drug-likeness (QED) is 0.800. The zero-order chi connectivity index (χ0) is 15.1. The maximum Gasteiger partial charge on any atom is 0.266 e. The van der Waals surface area contributed by atoms with Crippen LogP contribution in [0.2, 0.25) is 0 Å². The molecule has 0 unspecified atom stereocenters. The number of nitrogens with zero attached hydrogens (tertiary/aromatic N) is 2. The minimum absolute atomic E-state index is 0.0977. The predicted octanol–water partition coefficient (Wildman–Crippen LogP) is 3.80. The van der Waals surface area contributed by atoms with Gasteiger partial charge in [-0.1, -0.05) is 12.1 Å². The zero-order valence-corrected chi connectivity index (χ0v) is 11.8. The highest BCUT2D eigenvalue weighted by molar-refractivity contribution is 5.82. The van der Waals surface area contributed by atoms with E-state index >= 15 is 0 Å². The number of halogens is 2. The fraction of sp³-hybridized carbons (Fsp3) is 0.250. The molecule has 0 fully saturated rings. The number of rotatable bonds is 1. The smallest absolute Gasteiger partial charge is 0.266 e. The molecule has 5 heteroatoms. The number of hydrogen-bond acceptors (Lipinski definition) is 2. The van der Waals surface area contributed by atoms with Crippen LogP contribution in [0, 0.1) is 13.8 Å². The largest absolute Gasteiger partial charge is 0.268 e. The molecule has 3 nitrogen and oxygen atoms in total. The molecule has 0 atom stereocenters. The Hall–Kier alpha value is -2.30. The molecule has 0 saturated heterocycles. The van der Waals surface area contributed by atoms with Crippen molar-refractivity contribution < 1.29 is 8.78 Å². The Kier molecular flexibility index (Phi) is 3.20. The normalized spacial score (nSPS) is 15.5. The van der Waals surface area contributed by atoms with Gasteiger partial charge in [0.2, 0.25) is 0 Å². The van der Waals surface area contributed by atoms with Crippen molar-refractivity contribution >= 4 is 16.6 Å². The van der Waals surface area contributed by atoms with E-state index < -0.39 is 17.2 Å². The van der Waals surface area contributed by atoms with Crippen molar-refractivity contribution in [3.8, 4) is 0 Å². The first-order valence-corrected chi connectivity index (χ1v) is 6.74. The number of allylic oxidation sites excluding steroid dienone is 4. The molecule has 1 aliphatic rings. The lowest BCUT2D eigenvalue weighted by Crippen LogP contribution is -2.25. The average Bonchev–Trinajstić information content (AvgIpc) is 2.41. The second-order valence-corrected chi connectivity index (χ2v) is 5.11. The van der Waals surface area contributed by atoms with Crippen LogP contribution in [0.5, 0.6) is 0 Å². The van der Waals surface area contributed by atoms with Crippen LogP contribution in [0.25, 0.3) is 16.6 Å². The molecule has 0 spiro atoms. The standard InChI is InChI=1S/C16H14F2N2O/c1-9-5-3-8-13-14(9)16(21)20(10(2)19-13)15-11(17)6-4-7-12(15)18/h3,5-6,8H,4,7H2,1-2H3. The number of hydrogen-bond donors (Lipinski definition) is 0. The van der Waals surface area contributed by atoms with Crippen LogP contribution in [-0.4, -0.2) is 9.55 Å². The SMILES string of the molecule is Cc1cccc2nc(C)n(C3=C(F)CCC=C3F)c(=O)c12. The third kappa shape index (κ3) is 2.09. The Morgan fingerprint density at radius 2 is 2.00 bits per heavy atom. The summed E-state index contributed by atoms with van der Waals surface area (Å²) >= 11 is 0. The molecule has 0 saturated carbocycles. The lowest BCUT2D eigenvalue weighted by atomic mass is 10.1. The molecule has 2 aromatic rings. The molecule has 0 aliphatic heterocycles. The molecule has 1 heterocycles. The Labute approximate surface area is 120 Å². The summed E-state index contributed by atoms with van der Waals surface area (Å²) in [6.07, 6.45) is 1.70. The summed E-state index contributed by atoms with van der Waals surface area (Å²) in [6.45, 7) is 3.36. The van der Waals surface area contributed by atoms with Crippen LogP contribution in [0.1, 0.15) is 24.2 Å². The van der Waals surface area contributed by atoms with E-state index in [1.807, 2.05) is 0 Å². The van der Waals surface area contributed by atoms with Crippen LogP contribution >= 0.6 is 0 Å². The highest BCUT2D eigenvalue weighted by Gasteiger charge is 2.22. The van der Waals surface area contributed by atoms with Gasteiger partial charge in [0.1, 0.15) is 23.2 Å². The molecule has 1 aromatic carbocycles. The first kappa shape index (κ1) is 13.7. The maximum atomic E-state index is 14.1. The molecule has 0 N–H and O–H groups in total. The molecule has 0 bridgehead atoms. The molecule has 108 valence electrons. The molecule has 0 amide bonds. The zero-order valence-electron chi connectivity index (χ0n) is 11.8. The van der Waals surface area contributed by atoms with Crippen LogP contribution in [-0.2, 0) is 0 Å². The van der Waals surface area contributed by atoms with Gasteiger partial charge in [0.25, 0.3) is 5.56 Å². The Morgan fingerprint density at radius 1 is 1.24 bits per heavy atom. The van der Waals surface area contributed by atoms with E-state index in [0.29, 0.717) is 17.3 Å². The van der Waals surface area contributed by atoms with Gasteiger partial charge in [-0.05, 0) is 38.0 Å². The van der Waals surface area contributed by atoms with E-state index in [2.05, 4.69) is 4.98 Å². The highest BCUT2D eigenvalue weighted by atomic mass is 19.1. The third-order valence-corrected chi connectivity index (χ3v) is 3.67. The van der Waals surface area contributed by atoms with Crippen molar-refractivity contribution in [1.82, 2.24) is 9.55 Å². The first-order chi connectivity index (χ1) is 10.0. The Balaban J connectivity index is 2.42. The van der Waals surface area contributed by atoms with Gasteiger partial charge in [-0.2, -0.15) is 0 Å². The van der Waals surface area contributed by atoms with Crippen molar-refractivity contribution in [2.45, 2.75) is 26.7 Å². The second kappa shape index (κ2) is 4.91. The second-order valence-electron chi connectivity index (χ2n) is 5.11. The Morgan fingerprint density at radius 3 is 2.71 bits per heavy atom. The third-order valence-electron chi connectivity index (χ3n) is 3.67. The van der Waals surface area contributed by atoms with Crippen molar-refractivity contribution in [2.75, 3.05) is 0 Å². The van der Waals surface area contributed by atoms with Gasteiger partial charge in [-0.3, -0.25) is 9.36 Å². The summed E-state index contributed by atoms with van der Waals surface area (Å²) < 4.78 is 29.1. The number of benzene rings is 1. The van der Waals surface area contributed by atoms with E-state index in [1.165, 1.54) is 6.08 Å². The molecular weight excluding hydrogens is 274 g/mol. The van der Waals surface area contributed by atoms with Crippen molar-refractivity contribution in [2.24, 2.45) is 0 Å². The summed E-state index contributed by atoms with van der Waals surface area (Å²) in [5.74, 6) is -1.05. The summed E-state index contributed by atoms with van der Waals surface area (Å²) in [5, 5.41) is 0.391. The van der Waals surface area contributed by atoms with E-state index in [0.717, 1.165) is 10.1 Å². The van der Waals surface area contributed by atoms with Gasteiger partial charge in [0.05, 0.1) is 10.9 Å². The maximum absolute atomic E-state index is 14.1. The van der Waals surface area contributed by atoms with Crippen molar-refractivity contribution in [3.05, 3.63) is 57.7 Å². The van der Waals surface area contributed by atoms with Gasteiger partial charge in [-0.15, -0.1) is 0 Å². The lowest BCUT2D eigenvalue weighted by molar-refractivity contribution is 0.552. The Bertz CT molecular complexity index is 862. The summed E-state index contributed by atoms with van der Waals surface area (Å²) in [6, 6.07) is 5.30. The number of aromatic nitrogens is 2. The predicted molar refractivity (Wildman–Crippen MR) is 78.2 cm³/mol. The minimum atomic E-state index is -0.710. The monoisotopic (exact) mass is 288 g/mol.